The van der Waals surface area contributed by atoms with Gasteiger partial charge in [0.05, 0.1) is 12.0 Å². The van der Waals surface area contributed by atoms with Crippen molar-refractivity contribution in [1.82, 2.24) is 0 Å². The molecule has 2 rings (SSSR count). The molecule has 2 aromatic carbocycles. The van der Waals surface area contributed by atoms with Crippen LogP contribution in [0.1, 0.15) is 43.2 Å². The number of amides is 1. The number of nitrogens with zero attached hydrogens (tertiary/aromatic N) is 1. The molecule has 0 saturated heterocycles. The van der Waals surface area contributed by atoms with E-state index in [9.17, 15) is 10.1 Å². The average Bonchev–Trinajstić information content (AvgIpc) is 2.56. The molecule has 118 valence electrons. The van der Waals surface area contributed by atoms with Gasteiger partial charge in [-0.2, -0.15) is 5.26 Å². The van der Waals surface area contributed by atoms with Crippen molar-refractivity contribution in [3.8, 4) is 6.07 Å². The third kappa shape index (κ3) is 4.58. The number of unbranched alkanes of at least 4 members (excludes halogenated alkanes) is 1. The van der Waals surface area contributed by atoms with E-state index in [0.29, 0.717) is 17.1 Å². The number of nitrogens with one attached hydrogen (secondary N) is 1. The minimum Gasteiger partial charge on any atom is -0.326 e. The van der Waals surface area contributed by atoms with Gasteiger partial charge in [-0.3, -0.25) is 4.79 Å². The van der Waals surface area contributed by atoms with Gasteiger partial charge in [-0.25, -0.2) is 0 Å². The van der Waals surface area contributed by atoms with Gasteiger partial charge in [-0.15, -0.1) is 0 Å². The van der Waals surface area contributed by atoms with Gasteiger partial charge in [0.2, 0.25) is 5.91 Å². The Kier molecular flexibility index (Phi) is 6.19. The van der Waals surface area contributed by atoms with Gasteiger partial charge in [0, 0.05) is 17.1 Å². The summed E-state index contributed by atoms with van der Waals surface area (Å²) in [6, 6.07) is 17.1. The van der Waals surface area contributed by atoms with E-state index in [4.69, 9.17) is 11.6 Å². The molecule has 0 spiro atoms. The number of rotatable bonds is 6. The Morgan fingerprint density at radius 3 is 2.61 bits per heavy atom. The van der Waals surface area contributed by atoms with Crippen molar-refractivity contribution in [2.24, 2.45) is 0 Å². The first-order chi connectivity index (χ1) is 11.2. The van der Waals surface area contributed by atoms with Crippen LogP contribution in [0.3, 0.4) is 0 Å². The highest BCUT2D eigenvalue weighted by molar-refractivity contribution is 6.31. The number of halogens is 1. The number of hydrogen-bond acceptors (Lipinski definition) is 2. The summed E-state index contributed by atoms with van der Waals surface area (Å²) in [6.07, 6.45) is 2.34. The van der Waals surface area contributed by atoms with Gasteiger partial charge >= 0.3 is 0 Å². The number of nitriles is 1. The molecule has 1 N–H and O–H groups in total. The highest BCUT2D eigenvalue weighted by atomic mass is 35.5. The van der Waals surface area contributed by atoms with Gasteiger partial charge in [0.1, 0.15) is 0 Å². The summed E-state index contributed by atoms with van der Waals surface area (Å²) in [6.45, 7) is 2.05. The molecule has 1 unspecified atom stereocenters. The highest BCUT2D eigenvalue weighted by Gasteiger charge is 2.17. The Labute approximate surface area is 141 Å². The van der Waals surface area contributed by atoms with Crippen molar-refractivity contribution in [2.75, 3.05) is 5.32 Å². The molecule has 3 nitrogen and oxygen atoms in total. The summed E-state index contributed by atoms with van der Waals surface area (Å²) in [5, 5.41) is 12.8. The predicted octanol–water partition coefficient (Wildman–Crippen LogP) is 5.12. The van der Waals surface area contributed by atoms with Crippen LogP contribution in [0.2, 0.25) is 5.02 Å². The van der Waals surface area contributed by atoms with E-state index in [1.165, 1.54) is 0 Å². The molecule has 0 saturated carbocycles. The molecule has 0 radical (unpaired) electrons. The third-order valence-electron chi connectivity index (χ3n) is 3.61. The van der Waals surface area contributed by atoms with Crippen LogP contribution in [0.25, 0.3) is 0 Å². The van der Waals surface area contributed by atoms with Crippen LogP contribution in [0.5, 0.6) is 0 Å². The fraction of sp³-hybridized carbons (Fsp3) is 0.263. The molecule has 0 aliphatic rings. The minimum atomic E-state index is -0.423. The van der Waals surface area contributed by atoms with Crippen molar-refractivity contribution in [1.29, 1.82) is 5.26 Å². The molecular weight excluding hydrogens is 308 g/mol. The van der Waals surface area contributed by atoms with E-state index in [2.05, 4.69) is 11.4 Å². The molecule has 0 fully saturated rings. The quantitative estimate of drug-likeness (QED) is 0.800. The topological polar surface area (TPSA) is 52.9 Å². The summed E-state index contributed by atoms with van der Waals surface area (Å²) in [5.41, 5.74) is 2.30. The first-order valence-corrected chi connectivity index (χ1v) is 8.07. The van der Waals surface area contributed by atoms with E-state index >= 15 is 0 Å². The van der Waals surface area contributed by atoms with Gasteiger partial charge in [0.15, 0.2) is 0 Å². The largest absolute Gasteiger partial charge is 0.326 e. The van der Waals surface area contributed by atoms with Crippen molar-refractivity contribution in [3.63, 3.8) is 0 Å². The van der Waals surface area contributed by atoms with Gasteiger partial charge in [-0.05, 0) is 29.7 Å². The maximum Gasteiger partial charge on any atom is 0.224 e. The summed E-state index contributed by atoms with van der Waals surface area (Å²) in [7, 11) is 0. The summed E-state index contributed by atoms with van der Waals surface area (Å²) in [5.74, 6) is -0.441. The van der Waals surface area contributed by atoms with E-state index in [-0.39, 0.29) is 5.91 Å². The van der Waals surface area contributed by atoms with Crippen molar-refractivity contribution < 1.29 is 4.79 Å². The summed E-state index contributed by atoms with van der Waals surface area (Å²) >= 11 is 6.34. The van der Waals surface area contributed by atoms with Gasteiger partial charge < -0.3 is 5.32 Å². The minimum absolute atomic E-state index is 0.0180. The lowest BCUT2D eigenvalue weighted by Gasteiger charge is -2.13. The maximum absolute atomic E-state index is 11.8. The first kappa shape index (κ1) is 17.1. The third-order valence-corrected chi connectivity index (χ3v) is 3.94. The lowest BCUT2D eigenvalue weighted by atomic mass is 9.92. The highest BCUT2D eigenvalue weighted by Crippen LogP contribution is 2.31. The predicted molar refractivity (Wildman–Crippen MR) is 93.5 cm³/mol. The standard InChI is InChI=1S/C19H19ClN2O/c1-2-3-9-19(23)22-15-10-11-16(18(20)12-15)17(13-21)14-7-5-4-6-8-14/h4-8,10-12,17H,2-3,9H2,1H3,(H,22,23). The zero-order chi connectivity index (χ0) is 16.7. The molecule has 1 amide bonds. The molecule has 0 aliphatic heterocycles. The lowest BCUT2D eigenvalue weighted by Crippen LogP contribution is -2.11. The van der Waals surface area contributed by atoms with Crippen LogP contribution >= 0.6 is 11.6 Å². The summed E-state index contributed by atoms with van der Waals surface area (Å²) < 4.78 is 0. The Morgan fingerprint density at radius 2 is 2.00 bits per heavy atom. The maximum atomic E-state index is 11.8. The van der Waals surface area contributed by atoms with Gasteiger partial charge in [-0.1, -0.05) is 61.3 Å². The molecule has 0 heterocycles. The van der Waals surface area contributed by atoms with Crippen molar-refractivity contribution in [3.05, 3.63) is 64.7 Å². The molecule has 0 aliphatic carbocycles. The molecule has 2 aromatic rings. The van der Waals surface area contributed by atoms with Crippen LogP contribution in [0.15, 0.2) is 48.5 Å². The molecular formula is C19H19ClN2O. The molecule has 1 atom stereocenters. The fourth-order valence-electron chi connectivity index (χ4n) is 2.37. The van der Waals surface area contributed by atoms with E-state index < -0.39 is 5.92 Å². The average molecular weight is 327 g/mol. The summed E-state index contributed by atoms with van der Waals surface area (Å²) in [4.78, 5) is 11.8. The van der Waals surface area contributed by atoms with Crippen LogP contribution in [0, 0.1) is 11.3 Å². The number of benzene rings is 2. The Morgan fingerprint density at radius 1 is 1.26 bits per heavy atom. The lowest BCUT2D eigenvalue weighted by molar-refractivity contribution is -0.116. The SMILES string of the molecule is CCCCC(=O)Nc1ccc(C(C#N)c2ccccc2)c(Cl)c1. The first-order valence-electron chi connectivity index (χ1n) is 7.69. The van der Waals surface area contributed by atoms with Crippen molar-refractivity contribution >= 4 is 23.2 Å². The van der Waals surface area contributed by atoms with Crippen LogP contribution in [-0.2, 0) is 4.79 Å². The zero-order valence-electron chi connectivity index (χ0n) is 13.1. The van der Waals surface area contributed by atoms with E-state index in [1.807, 2.05) is 37.3 Å². The Hall–Kier alpha value is -2.31. The second-order valence-corrected chi connectivity index (χ2v) is 5.77. The van der Waals surface area contributed by atoms with E-state index in [0.717, 1.165) is 24.0 Å². The van der Waals surface area contributed by atoms with Crippen LogP contribution in [0.4, 0.5) is 5.69 Å². The molecule has 4 heteroatoms. The fourth-order valence-corrected chi connectivity index (χ4v) is 2.66. The van der Waals surface area contributed by atoms with Crippen molar-refractivity contribution in [2.45, 2.75) is 32.1 Å². The number of hydrogen-bond donors (Lipinski definition) is 1. The molecule has 0 aromatic heterocycles. The Bertz CT molecular complexity index is 707. The van der Waals surface area contributed by atoms with E-state index in [1.54, 1.807) is 18.2 Å². The molecule has 23 heavy (non-hydrogen) atoms. The number of carbonyl (C=O) groups excluding carboxylic acids is 1. The molecule has 0 bridgehead atoms. The smallest absolute Gasteiger partial charge is 0.224 e. The zero-order valence-corrected chi connectivity index (χ0v) is 13.8. The van der Waals surface area contributed by atoms with Gasteiger partial charge in [0.25, 0.3) is 0 Å². The Balaban J connectivity index is 2.19. The number of anilines is 1. The second-order valence-electron chi connectivity index (χ2n) is 5.36. The van der Waals surface area contributed by atoms with Crippen LogP contribution < -0.4 is 5.32 Å². The second kappa shape index (κ2) is 8.36. The monoisotopic (exact) mass is 326 g/mol. The normalized spacial score (nSPS) is 11.5. The number of carbonyl (C=O) groups is 1. The van der Waals surface area contributed by atoms with Crippen LogP contribution in [-0.4, -0.2) is 5.91 Å².